The van der Waals surface area contributed by atoms with Crippen LogP contribution in [0.3, 0.4) is 0 Å². The minimum Gasteiger partial charge on any atom is -0.434 e. The number of hydrogen-bond acceptors (Lipinski definition) is 3. The number of rotatable bonds is 2. The highest BCUT2D eigenvalue weighted by molar-refractivity contribution is 6.31. The molecule has 2 aromatic carbocycles. The zero-order valence-electron chi connectivity index (χ0n) is 16.7. The molecule has 0 radical (unpaired) electrons. The fraction of sp³-hybridized carbons (Fsp3) is 0.263. The van der Waals surface area contributed by atoms with Crippen molar-refractivity contribution in [3.8, 4) is 5.75 Å². The molecule has 5 nitrogen and oxygen atoms in total. The molecule has 0 unspecified atom stereocenters. The summed E-state index contributed by atoms with van der Waals surface area (Å²) in [7, 11) is 0. The first-order valence-electron chi connectivity index (χ1n) is 9.75. The van der Waals surface area contributed by atoms with Gasteiger partial charge in [-0.05, 0) is 30.3 Å². The maximum absolute atomic E-state index is 13.3. The third kappa shape index (κ3) is 2.27. The van der Waals surface area contributed by atoms with Crippen molar-refractivity contribution in [2.75, 3.05) is 6.98 Å². The number of amides is 1. The van der Waals surface area contributed by atoms with Gasteiger partial charge in [-0.3, -0.25) is 4.79 Å². The Balaban J connectivity index is 1.85. The Morgan fingerprint density at radius 2 is 2.19 bits per heavy atom. The molecule has 5 rings (SSSR count). The van der Waals surface area contributed by atoms with Gasteiger partial charge in [0.25, 0.3) is 5.91 Å². The molecule has 2 aliphatic rings. The van der Waals surface area contributed by atoms with E-state index in [9.17, 15) is 13.6 Å². The van der Waals surface area contributed by atoms with Crippen molar-refractivity contribution in [2.24, 2.45) is 0 Å². The van der Waals surface area contributed by atoms with Crippen LogP contribution in [0.25, 0.3) is 11.0 Å². The number of aromatic nitrogens is 2. The SMILES string of the molecule is [2H]C([2H])([2H])N1C(=O)c2cccc(OC(F)F)c2[C@H]2C[C@@H]1c1nc3ccc(Cl)cc3n12. The molecule has 0 spiro atoms. The van der Waals surface area contributed by atoms with E-state index in [1.807, 2.05) is 0 Å². The molecular weight excluding hydrogens is 376 g/mol. The number of hydrogen-bond donors (Lipinski definition) is 0. The topological polar surface area (TPSA) is 47.4 Å². The Morgan fingerprint density at radius 3 is 2.96 bits per heavy atom. The predicted molar refractivity (Wildman–Crippen MR) is 95.4 cm³/mol. The molecule has 0 saturated heterocycles. The number of ether oxygens (including phenoxy) is 1. The van der Waals surface area contributed by atoms with Gasteiger partial charge in [0.2, 0.25) is 0 Å². The van der Waals surface area contributed by atoms with E-state index in [0.29, 0.717) is 21.9 Å². The van der Waals surface area contributed by atoms with Gasteiger partial charge in [-0.1, -0.05) is 17.7 Å². The lowest BCUT2D eigenvalue weighted by Gasteiger charge is -2.24. The van der Waals surface area contributed by atoms with Crippen LogP contribution in [0.2, 0.25) is 5.02 Å². The van der Waals surface area contributed by atoms with Crippen molar-refractivity contribution >= 4 is 28.5 Å². The molecular formula is C19H14ClF2N3O2. The molecule has 3 aromatic rings. The molecule has 0 N–H and O–H groups in total. The third-order valence-corrected chi connectivity index (χ3v) is 5.35. The zero-order valence-corrected chi connectivity index (χ0v) is 14.5. The molecule has 8 heteroatoms. The lowest BCUT2D eigenvalue weighted by molar-refractivity contribution is -0.0507. The summed E-state index contributed by atoms with van der Waals surface area (Å²) in [6, 6.07) is 7.74. The van der Waals surface area contributed by atoms with E-state index in [4.69, 9.17) is 20.5 Å². The normalized spacial score (nSPS) is 22.9. The summed E-state index contributed by atoms with van der Waals surface area (Å²) in [6.45, 7) is -5.85. The molecule has 1 amide bonds. The van der Waals surface area contributed by atoms with Crippen molar-refractivity contribution in [2.45, 2.75) is 25.1 Å². The first kappa shape index (κ1) is 13.5. The van der Waals surface area contributed by atoms with E-state index < -0.39 is 31.6 Å². The van der Waals surface area contributed by atoms with Crippen molar-refractivity contribution in [1.29, 1.82) is 0 Å². The highest BCUT2D eigenvalue weighted by Gasteiger charge is 2.44. The smallest absolute Gasteiger partial charge is 0.387 e. The minimum atomic E-state index is -3.10. The number of alkyl halides is 2. The lowest BCUT2D eigenvalue weighted by atomic mass is 9.97. The van der Waals surface area contributed by atoms with Gasteiger partial charge in [0.1, 0.15) is 11.6 Å². The number of halogens is 3. The van der Waals surface area contributed by atoms with Crippen LogP contribution in [0.1, 0.15) is 44.4 Å². The molecule has 2 atom stereocenters. The van der Waals surface area contributed by atoms with E-state index in [-0.39, 0.29) is 23.3 Å². The van der Waals surface area contributed by atoms with Gasteiger partial charge >= 0.3 is 6.61 Å². The van der Waals surface area contributed by atoms with Crippen LogP contribution in [0.5, 0.6) is 5.75 Å². The molecule has 0 aliphatic carbocycles. The molecule has 1 aromatic heterocycles. The number of benzene rings is 2. The standard InChI is InChI=1S/C19H14ClF2N3O2/c1-24-14-8-13(25-12-7-9(20)5-6-11(12)23-17(14)25)16-10(18(24)26)3-2-4-15(16)27-19(21)22/h2-7,13-14,19H,8H2,1H3/t13-,14-/m1/s1/i1D3. The van der Waals surface area contributed by atoms with Gasteiger partial charge in [-0.25, -0.2) is 4.98 Å². The first-order valence-corrected chi connectivity index (χ1v) is 8.63. The minimum absolute atomic E-state index is 0.0197. The quantitative estimate of drug-likeness (QED) is 0.649. The van der Waals surface area contributed by atoms with Crippen LogP contribution in [0.4, 0.5) is 8.78 Å². The Kier molecular flexibility index (Phi) is 2.83. The Labute approximate surface area is 162 Å². The fourth-order valence-corrected chi connectivity index (χ4v) is 4.25. The van der Waals surface area contributed by atoms with Gasteiger partial charge in [0.15, 0.2) is 0 Å². The van der Waals surface area contributed by atoms with E-state index in [2.05, 4.69) is 4.98 Å². The van der Waals surface area contributed by atoms with Gasteiger partial charge in [0.05, 0.1) is 23.1 Å². The highest BCUT2D eigenvalue weighted by Crippen LogP contribution is 2.50. The number of nitrogens with zero attached hydrogens (tertiary/aromatic N) is 3. The van der Waals surface area contributed by atoms with E-state index in [0.717, 1.165) is 4.90 Å². The van der Waals surface area contributed by atoms with Crippen LogP contribution < -0.4 is 4.74 Å². The Hall–Kier alpha value is -2.67. The molecule has 138 valence electrons. The second kappa shape index (κ2) is 5.66. The molecule has 27 heavy (non-hydrogen) atoms. The van der Waals surface area contributed by atoms with E-state index in [1.165, 1.54) is 18.2 Å². The van der Waals surface area contributed by atoms with Crippen LogP contribution in [-0.4, -0.2) is 33.9 Å². The van der Waals surface area contributed by atoms with Gasteiger partial charge in [0, 0.05) is 33.7 Å². The van der Waals surface area contributed by atoms with E-state index >= 15 is 0 Å². The Morgan fingerprint density at radius 1 is 1.33 bits per heavy atom. The third-order valence-electron chi connectivity index (χ3n) is 5.11. The zero-order chi connectivity index (χ0) is 21.4. The molecule has 0 fully saturated rings. The second-order valence-corrected chi connectivity index (χ2v) is 6.95. The summed E-state index contributed by atoms with van der Waals surface area (Å²) in [5, 5.41) is 0.450. The number of imidazole rings is 1. The highest BCUT2D eigenvalue weighted by atomic mass is 35.5. The van der Waals surface area contributed by atoms with Gasteiger partial charge < -0.3 is 14.2 Å². The summed E-state index contributed by atoms with van der Waals surface area (Å²) in [5.41, 5.74) is 1.43. The average molecular weight is 393 g/mol. The Bertz CT molecular complexity index is 1200. The van der Waals surface area contributed by atoms with Gasteiger partial charge in [-0.15, -0.1) is 0 Å². The maximum Gasteiger partial charge on any atom is 0.387 e. The molecule has 2 aliphatic heterocycles. The molecule has 3 heterocycles. The van der Waals surface area contributed by atoms with Crippen LogP contribution in [-0.2, 0) is 0 Å². The number of carbonyl (C=O) groups is 1. The fourth-order valence-electron chi connectivity index (χ4n) is 4.08. The van der Waals surface area contributed by atoms with Gasteiger partial charge in [-0.2, -0.15) is 8.78 Å². The molecule has 0 saturated carbocycles. The summed E-state index contributed by atoms with van der Waals surface area (Å²) >= 11 is 6.16. The predicted octanol–water partition coefficient (Wildman–Crippen LogP) is 4.41. The number of fused-ring (bicyclic) bond motifs is 9. The van der Waals surface area contributed by atoms with Crippen molar-refractivity contribution in [1.82, 2.24) is 14.5 Å². The average Bonchev–Trinajstić information content (AvgIpc) is 3.13. The maximum atomic E-state index is 13.3. The summed E-state index contributed by atoms with van der Waals surface area (Å²) < 4.78 is 56.5. The van der Waals surface area contributed by atoms with E-state index in [1.54, 1.807) is 22.8 Å². The monoisotopic (exact) mass is 392 g/mol. The van der Waals surface area contributed by atoms with Crippen molar-refractivity contribution in [3.05, 3.63) is 58.4 Å². The summed E-state index contributed by atoms with van der Waals surface area (Å²) in [4.78, 5) is 18.6. The van der Waals surface area contributed by atoms with Crippen LogP contribution in [0.15, 0.2) is 36.4 Å². The van der Waals surface area contributed by atoms with Crippen molar-refractivity contribution in [3.63, 3.8) is 0 Å². The summed E-state index contributed by atoms with van der Waals surface area (Å²) in [5.74, 6) is -0.559. The first-order chi connectivity index (χ1) is 14.2. The van der Waals surface area contributed by atoms with Crippen LogP contribution in [0, 0.1) is 0 Å². The molecule has 2 bridgehead atoms. The lowest BCUT2D eigenvalue weighted by Crippen LogP contribution is -2.30. The van der Waals surface area contributed by atoms with Crippen molar-refractivity contribution < 1.29 is 22.4 Å². The second-order valence-electron chi connectivity index (χ2n) is 6.51. The largest absolute Gasteiger partial charge is 0.434 e. The number of carbonyl (C=O) groups excluding carboxylic acids is 1. The summed E-state index contributed by atoms with van der Waals surface area (Å²) in [6.07, 6.45) is 0.172. The van der Waals surface area contributed by atoms with Crippen LogP contribution >= 0.6 is 11.6 Å².